The molecular weight excluding hydrogens is 250 g/mol. The van der Waals surface area contributed by atoms with E-state index < -0.39 is 0 Å². The summed E-state index contributed by atoms with van der Waals surface area (Å²) in [7, 11) is 0. The maximum Gasteiger partial charge on any atom is 0.0780 e. The van der Waals surface area contributed by atoms with Gasteiger partial charge in [-0.25, -0.2) is 0 Å². The summed E-state index contributed by atoms with van der Waals surface area (Å²) >= 11 is 3.48. The number of rotatable bonds is 0. The van der Waals surface area contributed by atoms with Crippen molar-refractivity contribution in [1.82, 2.24) is 4.98 Å². The summed E-state index contributed by atoms with van der Waals surface area (Å²) in [6, 6.07) is 14.6. The Kier molecular flexibility index (Phi) is 1.96. The molecule has 0 saturated carbocycles. The van der Waals surface area contributed by atoms with Gasteiger partial charge < -0.3 is 0 Å². The van der Waals surface area contributed by atoms with E-state index in [1.54, 1.807) is 0 Å². The van der Waals surface area contributed by atoms with Gasteiger partial charge in [-0.15, -0.1) is 0 Å². The van der Waals surface area contributed by atoms with Crippen molar-refractivity contribution in [1.29, 1.82) is 0 Å². The fourth-order valence-electron chi connectivity index (χ4n) is 1.84. The van der Waals surface area contributed by atoms with E-state index in [0.29, 0.717) is 0 Å². The van der Waals surface area contributed by atoms with Gasteiger partial charge in [0.25, 0.3) is 0 Å². The highest BCUT2D eigenvalue weighted by molar-refractivity contribution is 9.10. The largest absolute Gasteiger partial charge is 0.256 e. The Bertz CT molecular complexity index is 646. The Morgan fingerprint density at radius 3 is 2.73 bits per heavy atom. The monoisotopic (exact) mass is 257 g/mol. The zero-order chi connectivity index (χ0) is 10.3. The van der Waals surface area contributed by atoms with Crippen molar-refractivity contribution >= 4 is 37.6 Å². The highest BCUT2D eigenvalue weighted by Crippen LogP contribution is 2.25. The molecule has 0 radical (unpaired) electrons. The first kappa shape index (κ1) is 8.86. The van der Waals surface area contributed by atoms with Crippen LogP contribution >= 0.6 is 15.9 Å². The van der Waals surface area contributed by atoms with E-state index in [1.807, 2.05) is 12.3 Å². The fourth-order valence-corrected chi connectivity index (χ4v) is 2.22. The minimum absolute atomic E-state index is 1.07. The van der Waals surface area contributed by atoms with Gasteiger partial charge in [-0.1, -0.05) is 40.2 Å². The van der Waals surface area contributed by atoms with Gasteiger partial charge >= 0.3 is 0 Å². The normalized spacial score (nSPS) is 11.0. The van der Waals surface area contributed by atoms with E-state index in [-0.39, 0.29) is 0 Å². The molecule has 2 aromatic carbocycles. The Balaban J connectivity index is 2.55. The molecule has 15 heavy (non-hydrogen) atoms. The third kappa shape index (κ3) is 1.41. The van der Waals surface area contributed by atoms with Crippen LogP contribution in [0.3, 0.4) is 0 Å². The summed E-state index contributed by atoms with van der Waals surface area (Å²) in [5.41, 5.74) is 1.07. The van der Waals surface area contributed by atoms with Crippen molar-refractivity contribution in [3.05, 3.63) is 53.1 Å². The quantitative estimate of drug-likeness (QED) is 0.552. The Labute approximate surface area is 95.9 Å². The molecule has 1 aromatic heterocycles. The van der Waals surface area contributed by atoms with Crippen LogP contribution in [-0.4, -0.2) is 4.98 Å². The maximum atomic E-state index is 4.42. The van der Waals surface area contributed by atoms with Crippen LogP contribution in [0, 0.1) is 0 Å². The molecule has 72 valence electrons. The Morgan fingerprint density at radius 2 is 1.80 bits per heavy atom. The van der Waals surface area contributed by atoms with Crippen molar-refractivity contribution in [2.75, 3.05) is 0 Å². The van der Waals surface area contributed by atoms with Crippen LogP contribution in [0.1, 0.15) is 0 Å². The summed E-state index contributed by atoms with van der Waals surface area (Å²) < 4.78 is 1.10. The van der Waals surface area contributed by atoms with Crippen molar-refractivity contribution < 1.29 is 0 Å². The van der Waals surface area contributed by atoms with E-state index in [1.165, 1.54) is 16.2 Å². The van der Waals surface area contributed by atoms with Gasteiger partial charge in [-0.3, -0.25) is 4.98 Å². The Hall–Kier alpha value is -1.41. The molecule has 1 heterocycles. The number of fused-ring (bicyclic) bond motifs is 3. The average molecular weight is 258 g/mol. The number of aromatic nitrogens is 1. The smallest absolute Gasteiger partial charge is 0.0780 e. The number of nitrogens with zero attached hydrogens (tertiary/aromatic N) is 1. The number of pyridine rings is 1. The number of hydrogen-bond donors (Lipinski definition) is 0. The second-order valence-corrected chi connectivity index (χ2v) is 4.42. The molecule has 2 heteroatoms. The highest BCUT2D eigenvalue weighted by atomic mass is 79.9. The Morgan fingerprint density at radius 1 is 0.933 bits per heavy atom. The lowest BCUT2D eigenvalue weighted by Crippen LogP contribution is -1.80. The summed E-state index contributed by atoms with van der Waals surface area (Å²) in [4.78, 5) is 4.42. The lowest BCUT2D eigenvalue weighted by molar-refractivity contribution is 1.43. The molecule has 0 aliphatic carbocycles. The summed E-state index contributed by atoms with van der Waals surface area (Å²) in [5.74, 6) is 0. The average Bonchev–Trinajstić information content (AvgIpc) is 2.28. The summed E-state index contributed by atoms with van der Waals surface area (Å²) in [5, 5.41) is 3.61. The lowest BCUT2D eigenvalue weighted by Gasteiger charge is -2.02. The van der Waals surface area contributed by atoms with Crippen LogP contribution in [0.5, 0.6) is 0 Å². The first-order valence-electron chi connectivity index (χ1n) is 4.77. The van der Waals surface area contributed by atoms with Crippen LogP contribution in [0.15, 0.2) is 53.1 Å². The molecule has 0 amide bonds. The molecule has 0 atom stereocenters. The number of hydrogen-bond acceptors (Lipinski definition) is 1. The SMILES string of the molecule is Brc1ccc2c(ccc3cccnc32)c1. The van der Waals surface area contributed by atoms with E-state index >= 15 is 0 Å². The minimum atomic E-state index is 1.07. The van der Waals surface area contributed by atoms with Gasteiger partial charge in [0.05, 0.1) is 5.52 Å². The van der Waals surface area contributed by atoms with Crippen molar-refractivity contribution in [2.24, 2.45) is 0 Å². The molecular formula is C13H8BrN. The second-order valence-electron chi connectivity index (χ2n) is 3.51. The van der Waals surface area contributed by atoms with E-state index in [4.69, 9.17) is 0 Å². The van der Waals surface area contributed by atoms with Gasteiger partial charge in [0.2, 0.25) is 0 Å². The summed E-state index contributed by atoms with van der Waals surface area (Å²) in [6.45, 7) is 0. The first-order valence-corrected chi connectivity index (χ1v) is 5.57. The molecule has 0 bridgehead atoms. The molecule has 0 saturated heterocycles. The molecule has 3 aromatic rings. The zero-order valence-corrected chi connectivity index (χ0v) is 9.53. The molecule has 0 aliphatic rings. The fraction of sp³-hybridized carbons (Fsp3) is 0. The van der Waals surface area contributed by atoms with Crippen LogP contribution in [0.25, 0.3) is 21.7 Å². The van der Waals surface area contributed by atoms with Gasteiger partial charge in [-0.2, -0.15) is 0 Å². The van der Waals surface area contributed by atoms with Crippen LogP contribution in [0.4, 0.5) is 0 Å². The lowest BCUT2D eigenvalue weighted by atomic mass is 10.1. The topological polar surface area (TPSA) is 12.9 Å². The number of halogens is 1. The predicted molar refractivity (Wildman–Crippen MR) is 66.9 cm³/mol. The third-order valence-electron chi connectivity index (χ3n) is 2.55. The van der Waals surface area contributed by atoms with Gasteiger partial charge in [-0.05, 0) is 23.6 Å². The van der Waals surface area contributed by atoms with Crippen molar-refractivity contribution in [2.45, 2.75) is 0 Å². The van der Waals surface area contributed by atoms with Gasteiger partial charge in [0, 0.05) is 21.4 Å². The molecule has 0 aliphatic heterocycles. The third-order valence-corrected chi connectivity index (χ3v) is 3.04. The van der Waals surface area contributed by atoms with E-state index in [2.05, 4.69) is 57.3 Å². The highest BCUT2D eigenvalue weighted by Gasteiger charge is 2.00. The van der Waals surface area contributed by atoms with Crippen LogP contribution < -0.4 is 0 Å². The maximum absolute atomic E-state index is 4.42. The molecule has 3 rings (SSSR count). The molecule has 1 nitrogen and oxygen atoms in total. The standard InChI is InChI=1S/C13H8BrN/c14-11-5-6-12-10(8-11)4-3-9-2-1-7-15-13(9)12/h1-8H. The molecule has 0 spiro atoms. The van der Waals surface area contributed by atoms with Crippen molar-refractivity contribution in [3.63, 3.8) is 0 Å². The number of benzene rings is 2. The van der Waals surface area contributed by atoms with Gasteiger partial charge in [0.15, 0.2) is 0 Å². The summed E-state index contributed by atoms with van der Waals surface area (Å²) in [6.07, 6.45) is 1.84. The first-order chi connectivity index (χ1) is 7.34. The van der Waals surface area contributed by atoms with Crippen LogP contribution in [-0.2, 0) is 0 Å². The minimum Gasteiger partial charge on any atom is -0.256 e. The molecule has 0 fully saturated rings. The second kappa shape index (κ2) is 3.31. The van der Waals surface area contributed by atoms with Crippen LogP contribution in [0.2, 0.25) is 0 Å². The van der Waals surface area contributed by atoms with Gasteiger partial charge in [0.1, 0.15) is 0 Å². The zero-order valence-electron chi connectivity index (χ0n) is 7.94. The van der Waals surface area contributed by atoms with E-state index in [0.717, 1.165) is 9.99 Å². The van der Waals surface area contributed by atoms with E-state index in [9.17, 15) is 0 Å². The molecule has 0 unspecified atom stereocenters. The predicted octanol–water partition coefficient (Wildman–Crippen LogP) is 4.15. The van der Waals surface area contributed by atoms with Crippen molar-refractivity contribution in [3.8, 4) is 0 Å². The molecule has 0 N–H and O–H groups in total.